The fourth-order valence-electron chi connectivity index (χ4n) is 0.295. The fraction of sp³-hybridized carbons (Fsp3) is 0.500. The van der Waals surface area contributed by atoms with Gasteiger partial charge in [0.05, 0.1) is 21.0 Å². The van der Waals surface area contributed by atoms with Gasteiger partial charge in [0.2, 0.25) is 0 Å². The van der Waals surface area contributed by atoms with Gasteiger partial charge in [-0.15, -0.1) is 8.96 Å². The van der Waals surface area contributed by atoms with Crippen LogP contribution in [0.15, 0.2) is 0 Å². The van der Waals surface area contributed by atoms with Crippen molar-refractivity contribution in [2.75, 3.05) is 0 Å². The lowest BCUT2D eigenvalue weighted by atomic mass is 11.0. The third kappa shape index (κ3) is 8.07. The molecule has 1 aliphatic rings. The number of nitrogens with one attached hydrogen (secondary N) is 1. The molecule has 3 unspecified atom stereocenters. The standard InChI is InChI=1S/2C2H3N.F4H2N3P3/c2*1-2-3;1-6-8-5-9(3)7(2)10(6)4/h2*1H3;5,8H. The molecule has 1 saturated heterocycles. The average Bonchev–Trinajstić information content (AvgIpc) is 2.23. The van der Waals surface area contributed by atoms with E-state index in [0.717, 1.165) is 0 Å². The zero-order valence-corrected chi connectivity index (χ0v) is 11.0. The fourth-order valence-corrected chi connectivity index (χ4v) is 3.74. The normalized spacial score (nSPS) is 26.5. The van der Waals surface area contributed by atoms with E-state index in [-0.39, 0.29) is 0 Å². The van der Waals surface area contributed by atoms with E-state index in [0.29, 0.717) is 0 Å². The Balaban J connectivity index is 0. The topological polar surface area (TPSA) is 66.1 Å². The molecule has 5 nitrogen and oxygen atoms in total. The molecule has 16 heavy (non-hydrogen) atoms. The van der Waals surface area contributed by atoms with E-state index in [1.54, 1.807) is 12.1 Å². The van der Waals surface area contributed by atoms with Gasteiger partial charge in [0.15, 0.2) is 0 Å². The summed E-state index contributed by atoms with van der Waals surface area (Å²) in [6.07, 6.45) is 0. The Morgan fingerprint density at radius 2 is 1.56 bits per heavy atom. The van der Waals surface area contributed by atoms with Gasteiger partial charge in [-0.1, -0.05) is 0 Å². The van der Waals surface area contributed by atoms with E-state index in [9.17, 15) is 17.4 Å². The van der Waals surface area contributed by atoms with Crippen LogP contribution < -0.4 is 4.86 Å². The Hall–Kier alpha value is -0.130. The third-order valence-corrected chi connectivity index (χ3v) is 4.54. The number of hydrogen-bond acceptors (Lipinski definition) is 5. The second-order valence-corrected chi connectivity index (χ2v) is 5.93. The number of halogens is 4. The summed E-state index contributed by atoms with van der Waals surface area (Å²) < 4.78 is 47.1. The first kappa shape index (κ1) is 18.2. The first-order valence-corrected chi connectivity index (χ1v) is 6.69. The lowest BCUT2D eigenvalue weighted by Crippen LogP contribution is -2.16. The van der Waals surface area contributed by atoms with E-state index in [1.165, 1.54) is 13.8 Å². The van der Waals surface area contributed by atoms with E-state index in [2.05, 4.69) is 0 Å². The summed E-state index contributed by atoms with van der Waals surface area (Å²) in [4.78, 5) is 1.82. The van der Waals surface area contributed by atoms with Crippen LogP contribution in [-0.4, -0.2) is 9.33 Å². The summed E-state index contributed by atoms with van der Waals surface area (Å²) in [6, 6.07) is 3.50. The van der Waals surface area contributed by atoms with Crippen LogP contribution in [0.3, 0.4) is 0 Å². The average molecular weight is 295 g/mol. The van der Waals surface area contributed by atoms with Crippen molar-refractivity contribution in [2.24, 2.45) is 0 Å². The molecule has 1 aliphatic heterocycles. The Kier molecular flexibility index (Phi) is 12.9. The molecule has 3 atom stereocenters. The molecule has 1 heterocycles. The zero-order chi connectivity index (χ0) is 13.1. The predicted octanol–water partition coefficient (Wildman–Crippen LogP) is 3.92. The Labute approximate surface area is 94.7 Å². The minimum Gasteiger partial charge on any atom is -0.220 e. The van der Waals surface area contributed by atoms with Crippen molar-refractivity contribution in [3.05, 3.63) is 0 Å². The van der Waals surface area contributed by atoms with Crippen molar-refractivity contribution in [1.82, 2.24) is 14.2 Å². The van der Waals surface area contributed by atoms with Crippen molar-refractivity contribution in [3.8, 4) is 12.1 Å². The molecule has 0 aromatic rings. The molecule has 92 valence electrons. The van der Waals surface area contributed by atoms with Crippen molar-refractivity contribution in [2.45, 2.75) is 13.8 Å². The first-order valence-electron chi connectivity index (χ1n) is 3.42. The van der Waals surface area contributed by atoms with Gasteiger partial charge >= 0.3 is 8.53 Å². The highest BCUT2D eigenvalue weighted by Crippen LogP contribution is 2.67. The number of hydrogen-bond donors (Lipinski definition) is 1. The highest BCUT2D eigenvalue weighted by Gasteiger charge is 2.39. The van der Waals surface area contributed by atoms with Crippen LogP contribution in [0.2, 0.25) is 0 Å². The molecule has 12 heteroatoms. The molecule has 0 aromatic heterocycles. The molecule has 0 radical (unpaired) electrons. The molecular weight excluding hydrogens is 287 g/mol. The Bertz CT molecular complexity index is 231. The summed E-state index contributed by atoms with van der Waals surface area (Å²) >= 11 is 0. The Morgan fingerprint density at radius 1 is 1.19 bits per heavy atom. The second-order valence-electron chi connectivity index (χ2n) is 1.67. The molecule has 0 bridgehead atoms. The van der Waals surface area contributed by atoms with E-state index in [1.807, 2.05) is 4.86 Å². The number of nitrogens with zero attached hydrogens (tertiary/aromatic N) is 4. The number of nitriles is 2. The Morgan fingerprint density at radius 3 is 1.88 bits per heavy atom. The van der Waals surface area contributed by atoms with Gasteiger partial charge in [-0.25, -0.2) is 4.86 Å². The summed E-state index contributed by atoms with van der Waals surface area (Å²) in [5.74, 6) is 0. The van der Waals surface area contributed by atoms with Crippen LogP contribution in [-0.2, 0) is 0 Å². The molecule has 0 amide bonds. The van der Waals surface area contributed by atoms with Crippen molar-refractivity contribution in [3.63, 3.8) is 0 Å². The first-order chi connectivity index (χ1) is 7.45. The van der Waals surface area contributed by atoms with Gasteiger partial charge in [0, 0.05) is 13.8 Å². The summed E-state index contributed by atoms with van der Waals surface area (Å²) in [7, 11) is -6.87. The van der Waals surface area contributed by atoms with Crippen LogP contribution in [0.1, 0.15) is 13.8 Å². The van der Waals surface area contributed by atoms with Gasteiger partial charge < -0.3 is 0 Å². The highest BCUT2D eigenvalue weighted by atomic mass is 31.3. The molecule has 1 rings (SSSR count). The quantitative estimate of drug-likeness (QED) is 0.417. The van der Waals surface area contributed by atoms with E-state index in [4.69, 9.17) is 10.5 Å². The monoisotopic (exact) mass is 295 g/mol. The summed E-state index contributed by atoms with van der Waals surface area (Å²) in [5.41, 5.74) is 0. The van der Waals surface area contributed by atoms with Gasteiger partial charge in [0.25, 0.3) is 8.53 Å². The minimum atomic E-state index is -3.22. The van der Waals surface area contributed by atoms with Crippen molar-refractivity contribution in [1.29, 1.82) is 10.5 Å². The maximum atomic E-state index is 12.1. The second kappa shape index (κ2) is 11.4. The smallest absolute Gasteiger partial charge is 0.220 e. The summed E-state index contributed by atoms with van der Waals surface area (Å²) in [5, 5.41) is 14.6. The predicted molar refractivity (Wildman–Crippen MR) is 56.0 cm³/mol. The lowest BCUT2D eigenvalue weighted by Gasteiger charge is -2.27. The zero-order valence-electron chi connectivity index (χ0n) is 8.20. The van der Waals surface area contributed by atoms with Crippen molar-refractivity contribution < 1.29 is 17.4 Å². The van der Waals surface area contributed by atoms with Crippen LogP contribution in [0.25, 0.3) is 0 Å². The summed E-state index contributed by atoms with van der Waals surface area (Å²) in [6.45, 7) is 2.86. The minimum absolute atomic E-state index is 0.395. The molecule has 0 spiro atoms. The van der Waals surface area contributed by atoms with E-state index >= 15 is 0 Å². The highest BCUT2D eigenvalue weighted by molar-refractivity contribution is 7.74. The van der Waals surface area contributed by atoms with Gasteiger partial charge in [-0.05, 0) is 9.33 Å². The largest absolute Gasteiger partial charge is 0.306 e. The third-order valence-electron chi connectivity index (χ3n) is 0.660. The molecule has 0 saturated carbocycles. The molecule has 1 fully saturated rings. The van der Waals surface area contributed by atoms with Gasteiger partial charge in [-0.2, -0.15) is 18.9 Å². The van der Waals surface area contributed by atoms with Gasteiger partial charge in [0.1, 0.15) is 0 Å². The van der Waals surface area contributed by atoms with Crippen LogP contribution in [0, 0.1) is 22.7 Å². The SMILES string of the molecule is CC#N.CC#N.FN1PNP(F)N(F)P1F. The van der Waals surface area contributed by atoms with Crippen LogP contribution in [0.4, 0.5) is 17.4 Å². The molecule has 0 aromatic carbocycles. The maximum Gasteiger partial charge on any atom is 0.306 e. The lowest BCUT2D eigenvalue weighted by molar-refractivity contribution is 0.194. The number of rotatable bonds is 0. The van der Waals surface area contributed by atoms with Crippen LogP contribution >= 0.6 is 25.9 Å². The van der Waals surface area contributed by atoms with Gasteiger partial charge in [-0.3, -0.25) is 0 Å². The van der Waals surface area contributed by atoms with Crippen molar-refractivity contribution >= 4 is 25.9 Å². The molecular formula is C4H8F4N5P3. The maximum absolute atomic E-state index is 12.1. The molecule has 1 N–H and O–H groups in total. The van der Waals surface area contributed by atoms with E-state index < -0.39 is 35.3 Å². The van der Waals surface area contributed by atoms with Crippen LogP contribution in [0.5, 0.6) is 0 Å². The molecule has 0 aliphatic carbocycles.